The lowest BCUT2D eigenvalue weighted by atomic mass is 9.96. The van der Waals surface area contributed by atoms with Crippen molar-refractivity contribution in [3.8, 4) is 0 Å². The van der Waals surface area contributed by atoms with Crippen molar-refractivity contribution in [2.45, 2.75) is 45.7 Å². The predicted octanol–water partition coefficient (Wildman–Crippen LogP) is 2.23. The molecule has 1 aliphatic heterocycles. The average Bonchev–Trinajstić information content (AvgIpc) is 2.65. The zero-order valence-electron chi connectivity index (χ0n) is 11.3. The molecule has 0 spiro atoms. The van der Waals surface area contributed by atoms with E-state index in [4.69, 9.17) is 0 Å². The second-order valence-electron chi connectivity index (χ2n) is 5.96. The molecule has 3 nitrogen and oxygen atoms in total. The lowest BCUT2D eigenvalue weighted by Crippen LogP contribution is -2.48. The molecule has 0 aliphatic carbocycles. The Kier molecular flexibility index (Phi) is 3.85. The summed E-state index contributed by atoms with van der Waals surface area (Å²) >= 11 is 1.86. The highest BCUT2D eigenvalue weighted by Gasteiger charge is 2.20. The van der Waals surface area contributed by atoms with Crippen molar-refractivity contribution in [2.75, 3.05) is 19.6 Å². The monoisotopic (exact) mass is 253 g/mol. The smallest absolute Gasteiger partial charge is 0.107 e. The van der Waals surface area contributed by atoms with Crippen LogP contribution in [0.5, 0.6) is 0 Å². The van der Waals surface area contributed by atoms with Gasteiger partial charge in [0.1, 0.15) is 5.01 Å². The van der Waals surface area contributed by atoms with Crippen LogP contribution in [-0.2, 0) is 12.0 Å². The number of piperazine rings is 1. The van der Waals surface area contributed by atoms with Crippen LogP contribution >= 0.6 is 11.3 Å². The molecule has 2 heterocycles. The summed E-state index contributed by atoms with van der Waals surface area (Å²) in [6.07, 6.45) is 2.05. The van der Waals surface area contributed by atoms with Crippen LogP contribution in [0.25, 0.3) is 0 Å². The number of rotatable bonds is 2. The summed E-state index contributed by atoms with van der Waals surface area (Å²) in [6.45, 7) is 13.4. The van der Waals surface area contributed by atoms with Gasteiger partial charge in [0.15, 0.2) is 0 Å². The molecule has 0 saturated carbocycles. The Labute approximate surface area is 108 Å². The molecular formula is C13H23N3S. The zero-order chi connectivity index (χ0) is 12.5. The predicted molar refractivity (Wildman–Crippen MR) is 73.6 cm³/mol. The number of hydrogen-bond donors (Lipinski definition) is 1. The lowest BCUT2D eigenvalue weighted by molar-refractivity contribution is 0.199. The van der Waals surface area contributed by atoms with Crippen LogP contribution in [0, 0.1) is 0 Å². The maximum Gasteiger partial charge on any atom is 0.107 e. The molecule has 1 unspecified atom stereocenters. The third kappa shape index (κ3) is 3.50. The van der Waals surface area contributed by atoms with Crippen LogP contribution in [0.2, 0.25) is 0 Å². The van der Waals surface area contributed by atoms with Crippen molar-refractivity contribution in [3.05, 3.63) is 16.1 Å². The number of nitrogens with zero attached hydrogens (tertiary/aromatic N) is 2. The zero-order valence-corrected chi connectivity index (χ0v) is 12.1. The first-order valence-electron chi connectivity index (χ1n) is 6.36. The molecule has 0 radical (unpaired) electrons. The number of hydrogen-bond acceptors (Lipinski definition) is 4. The molecule has 0 amide bonds. The van der Waals surface area contributed by atoms with Crippen LogP contribution in [0.3, 0.4) is 0 Å². The molecule has 1 N–H and O–H groups in total. The van der Waals surface area contributed by atoms with E-state index in [9.17, 15) is 0 Å². The molecule has 2 rings (SSSR count). The minimum Gasteiger partial charge on any atom is -0.312 e. The number of thiazole rings is 1. The molecule has 0 aromatic carbocycles. The molecule has 1 aliphatic rings. The third-order valence-corrected chi connectivity index (χ3v) is 4.51. The molecule has 17 heavy (non-hydrogen) atoms. The molecule has 4 heteroatoms. The van der Waals surface area contributed by atoms with Crippen LogP contribution in [0.1, 0.15) is 37.6 Å². The van der Waals surface area contributed by atoms with Crippen LogP contribution in [0.4, 0.5) is 0 Å². The van der Waals surface area contributed by atoms with Crippen molar-refractivity contribution in [2.24, 2.45) is 0 Å². The number of nitrogens with one attached hydrogen (secondary N) is 1. The SMILES string of the molecule is CC1CN(Cc2ncc(C(C)(C)C)s2)CCN1. The van der Waals surface area contributed by atoms with Gasteiger partial charge in [-0.25, -0.2) is 4.98 Å². The van der Waals surface area contributed by atoms with Crippen molar-refractivity contribution < 1.29 is 0 Å². The average molecular weight is 253 g/mol. The Morgan fingerprint density at radius 3 is 2.88 bits per heavy atom. The summed E-state index contributed by atoms with van der Waals surface area (Å²) in [5.74, 6) is 0. The molecule has 1 aromatic heterocycles. The maximum absolute atomic E-state index is 4.56. The summed E-state index contributed by atoms with van der Waals surface area (Å²) in [6, 6.07) is 0.603. The maximum atomic E-state index is 4.56. The van der Waals surface area contributed by atoms with Gasteiger partial charge in [0, 0.05) is 36.8 Å². The number of aromatic nitrogens is 1. The van der Waals surface area contributed by atoms with Crippen LogP contribution in [-0.4, -0.2) is 35.6 Å². The highest BCUT2D eigenvalue weighted by Crippen LogP contribution is 2.28. The van der Waals surface area contributed by atoms with E-state index >= 15 is 0 Å². The van der Waals surface area contributed by atoms with Crippen molar-refractivity contribution >= 4 is 11.3 Å². The molecule has 1 fully saturated rings. The Hall–Kier alpha value is -0.450. The second kappa shape index (κ2) is 5.04. The summed E-state index contributed by atoms with van der Waals surface area (Å²) in [5.41, 5.74) is 0.229. The van der Waals surface area contributed by atoms with Gasteiger partial charge in [-0.15, -0.1) is 11.3 Å². The summed E-state index contributed by atoms with van der Waals surface area (Å²) in [7, 11) is 0. The standard InChI is InChI=1S/C13H23N3S/c1-10-8-16(6-5-14-10)9-12-15-7-11(17-12)13(2,3)4/h7,10,14H,5-6,8-9H2,1-4H3. The van der Waals surface area contributed by atoms with Gasteiger partial charge in [-0.2, -0.15) is 0 Å². The Morgan fingerprint density at radius 1 is 1.53 bits per heavy atom. The normalized spacial score (nSPS) is 22.9. The first kappa shape index (κ1) is 13.0. The van der Waals surface area contributed by atoms with Crippen LogP contribution in [0.15, 0.2) is 6.20 Å². The van der Waals surface area contributed by atoms with Gasteiger partial charge < -0.3 is 5.32 Å². The van der Waals surface area contributed by atoms with Crippen molar-refractivity contribution in [3.63, 3.8) is 0 Å². The Morgan fingerprint density at radius 2 is 2.29 bits per heavy atom. The van der Waals surface area contributed by atoms with E-state index in [1.165, 1.54) is 9.88 Å². The van der Waals surface area contributed by atoms with E-state index < -0.39 is 0 Å². The topological polar surface area (TPSA) is 28.2 Å². The second-order valence-corrected chi connectivity index (χ2v) is 7.07. The first-order chi connectivity index (χ1) is 7.95. The van der Waals surface area contributed by atoms with Gasteiger partial charge >= 0.3 is 0 Å². The molecule has 1 atom stereocenters. The van der Waals surface area contributed by atoms with E-state index in [2.05, 4.69) is 42.9 Å². The quantitative estimate of drug-likeness (QED) is 0.876. The van der Waals surface area contributed by atoms with E-state index in [0.29, 0.717) is 6.04 Å². The highest BCUT2D eigenvalue weighted by atomic mass is 32.1. The van der Waals surface area contributed by atoms with E-state index in [1.54, 1.807) is 0 Å². The van der Waals surface area contributed by atoms with Gasteiger partial charge in [0.25, 0.3) is 0 Å². The van der Waals surface area contributed by atoms with Crippen molar-refractivity contribution in [1.82, 2.24) is 15.2 Å². The van der Waals surface area contributed by atoms with Gasteiger partial charge in [0.2, 0.25) is 0 Å². The summed E-state index contributed by atoms with van der Waals surface area (Å²) in [5, 5.41) is 4.72. The van der Waals surface area contributed by atoms with Gasteiger partial charge in [-0.3, -0.25) is 4.90 Å². The Bertz CT molecular complexity index is 367. The summed E-state index contributed by atoms with van der Waals surface area (Å²) < 4.78 is 0. The van der Waals surface area contributed by atoms with Crippen molar-refractivity contribution in [1.29, 1.82) is 0 Å². The lowest BCUT2D eigenvalue weighted by Gasteiger charge is -2.31. The summed E-state index contributed by atoms with van der Waals surface area (Å²) in [4.78, 5) is 8.44. The van der Waals surface area contributed by atoms with E-state index in [0.717, 1.165) is 26.2 Å². The minimum atomic E-state index is 0.229. The fraction of sp³-hybridized carbons (Fsp3) is 0.769. The van der Waals surface area contributed by atoms with Gasteiger partial charge in [0.05, 0.1) is 6.54 Å². The van der Waals surface area contributed by atoms with E-state index in [1.807, 2.05) is 17.5 Å². The first-order valence-corrected chi connectivity index (χ1v) is 7.18. The molecule has 96 valence electrons. The molecule has 1 aromatic rings. The fourth-order valence-corrected chi connectivity index (χ4v) is 3.10. The third-order valence-electron chi connectivity index (χ3n) is 3.10. The molecule has 1 saturated heterocycles. The molecule has 0 bridgehead atoms. The Balaban J connectivity index is 1.97. The van der Waals surface area contributed by atoms with Gasteiger partial charge in [-0.1, -0.05) is 20.8 Å². The molecular weight excluding hydrogens is 230 g/mol. The minimum absolute atomic E-state index is 0.229. The fourth-order valence-electron chi connectivity index (χ4n) is 2.08. The highest BCUT2D eigenvalue weighted by molar-refractivity contribution is 7.11. The van der Waals surface area contributed by atoms with Crippen LogP contribution < -0.4 is 5.32 Å². The van der Waals surface area contributed by atoms with Gasteiger partial charge in [-0.05, 0) is 12.3 Å². The van der Waals surface area contributed by atoms with E-state index in [-0.39, 0.29) is 5.41 Å². The largest absolute Gasteiger partial charge is 0.312 e.